The standard InChI is InChI=1S/C11H17N3O/c12-8-9-6-7-13-14-11(9)15-10-4-2-1-3-5-10/h6-7,10H,1-5,8,12H2. The molecule has 1 heterocycles. The lowest BCUT2D eigenvalue weighted by atomic mass is 9.98. The van der Waals surface area contributed by atoms with Gasteiger partial charge in [0, 0.05) is 12.1 Å². The summed E-state index contributed by atoms with van der Waals surface area (Å²) in [6.07, 6.45) is 8.04. The molecule has 0 spiro atoms. The van der Waals surface area contributed by atoms with Crippen molar-refractivity contribution in [1.29, 1.82) is 0 Å². The minimum atomic E-state index is 0.306. The van der Waals surface area contributed by atoms with Crippen LogP contribution < -0.4 is 10.5 Å². The number of rotatable bonds is 3. The Morgan fingerprint density at radius 2 is 2.13 bits per heavy atom. The molecule has 1 fully saturated rings. The van der Waals surface area contributed by atoms with Crippen molar-refractivity contribution in [1.82, 2.24) is 10.2 Å². The van der Waals surface area contributed by atoms with Gasteiger partial charge in [0.25, 0.3) is 0 Å². The Morgan fingerprint density at radius 3 is 2.87 bits per heavy atom. The molecule has 1 aromatic rings. The van der Waals surface area contributed by atoms with E-state index < -0.39 is 0 Å². The highest BCUT2D eigenvalue weighted by Gasteiger charge is 2.16. The molecule has 2 rings (SSSR count). The van der Waals surface area contributed by atoms with Crippen molar-refractivity contribution in [3.63, 3.8) is 0 Å². The Labute approximate surface area is 89.8 Å². The van der Waals surface area contributed by atoms with Crippen LogP contribution in [-0.4, -0.2) is 16.3 Å². The zero-order chi connectivity index (χ0) is 10.5. The lowest BCUT2D eigenvalue weighted by Gasteiger charge is -2.22. The largest absolute Gasteiger partial charge is 0.473 e. The summed E-state index contributed by atoms with van der Waals surface area (Å²) in [6.45, 7) is 0.456. The summed E-state index contributed by atoms with van der Waals surface area (Å²) in [5.74, 6) is 0.617. The van der Waals surface area contributed by atoms with Gasteiger partial charge in [-0.1, -0.05) is 6.42 Å². The number of aromatic nitrogens is 2. The fourth-order valence-corrected chi connectivity index (χ4v) is 1.94. The van der Waals surface area contributed by atoms with Crippen LogP contribution in [0.15, 0.2) is 12.3 Å². The van der Waals surface area contributed by atoms with Crippen LogP contribution in [0.1, 0.15) is 37.7 Å². The van der Waals surface area contributed by atoms with Crippen LogP contribution in [0.25, 0.3) is 0 Å². The second-order valence-corrected chi connectivity index (χ2v) is 3.94. The summed E-state index contributed by atoms with van der Waals surface area (Å²) in [7, 11) is 0. The Kier molecular flexibility index (Phi) is 3.50. The van der Waals surface area contributed by atoms with Gasteiger partial charge in [0.1, 0.15) is 6.10 Å². The van der Waals surface area contributed by atoms with Crippen molar-refractivity contribution in [3.05, 3.63) is 17.8 Å². The molecule has 1 aliphatic carbocycles. The molecule has 0 aromatic carbocycles. The Morgan fingerprint density at radius 1 is 1.33 bits per heavy atom. The maximum atomic E-state index is 5.82. The zero-order valence-corrected chi connectivity index (χ0v) is 8.85. The van der Waals surface area contributed by atoms with Gasteiger partial charge in [-0.25, -0.2) is 0 Å². The van der Waals surface area contributed by atoms with E-state index in [0.29, 0.717) is 18.5 Å². The molecule has 0 amide bonds. The molecule has 82 valence electrons. The molecule has 2 N–H and O–H groups in total. The minimum absolute atomic E-state index is 0.306. The molecule has 0 atom stereocenters. The zero-order valence-electron chi connectivity index (χ0n) is 8.85. The van der Waals surface area contributed by atoms with Crippen molar-refractivity contribution < 1.29 is 4.74 Å². The van der Waals surface area contributed by atoms with Gasteiger partial charge in [-0.05, 0) is 31.7 Å². The average molecular weight is 207 g/mol. The molecule has 1 aliphatic rings. The van der Waals surface area contributed by atoms with E-state index in [1.165, 1.54) is 19.3 Å². The predicted molar refractivity (Wildman–Crippen MR) is 57.4 cm³/mol. The quantitative estimate of drug-likeness (QED) is 0.818. The Hall–Kier alpha value is -1.16. The third-order valence-electron chi connectivity index (χ3n) is 2.82. The second-order valence-electron chi connectivity index (χ2n) is 3.94. The van der Waals surface area contributed by atoms with E-state index in [1.54, 1.807) is 6.20 Å². The van der Waals surface area contributed by atoms with Crippen LogP contribution >= 0.6 is 0 Å². The molecule has 0 aliphatic heterocycles. The summed E-state index contributed by atoms with van der Waals surface area (Å²) in [5.41, 5.74) is 6.55. The maximum absolute atomic E-state index is 5.82. The molecule has 1 saturated carbocycles. The molecule has 4 heteroatoms. The second kappa shape index (κ2) is 5.07. The third kappa shape index (κ3) is 2.65. The van der Waals surface area contributed by atoms with E-state index in [4.69, 9.17) is 10.5 Å². The van der Waals surface area contributed by atoms with Gasteiger partial charge in [0.05, 0.1) is 6.20 Å². The first-order chi connectivity index (χ1) is 7.40. The fourth-order valence-electron chi connectivity index (χ4n) is 1.94. The van der Waals surface area contributed by atoms with Crippen LogP contribution in [0.3, 0.4) is 0 Å². The Bertz CT molecular complexity index is 310. The molecule has 0 bridgehead atoms. The van der Waals surface area contributed by atoms with Crippen molar-refractivity contribution >= 4 is 0 Å². The summed E-state index contributed by atoms with van der Waals surface area (Å²) in [5, 5.41) is 7.82. The van der Waals surface area contributed by atoms with Gasteiger partial charge < -0.3 is 10.5 Å². The maximum Gasteiger partial charge on any atom is 0.238 e. The van der Waals surface area contributed by atoms with Gasteiger partial charge >= 0.3 is 0 Å². The molecule has 15 heavy (non-hydrogen) atoms. The lowest BCUT2D eigenvalue weighted by molar-refractivity contribution is 0.145. The Balaban J connectivity index is 2.02. The van der Waals surface area contributed by atoms with E-state index in [1.807, 2.05) is 6.07 Å². The van der Waals surface area contributed by atoms with Crippen molar-refractivity contribution in [3.8, 4) is 5.88 Å². The van der Waals surface area contributed by atoms with E-state index in [0.717, 1.165) is 18.4 Å². The van der Waals surface area contributed by atoms with Crippen LogP contribution in [0.2, 0.25) is 0 Å². The van der Waals surface area contributed by atoms with Crippen LogP contribution in [-0.2, 0) is 6.54 Å². The molecular formula is C11H17N3O. The van der Waals surface area contributed by atoms with Gasteiger partial charge in [-0.3, -0.25) is 0 Å². The SMILES string of the molecule is NCc1ccnnc1OC1CCCCC1. The first kappa shape index (κ1) is 10.4. The van der Waals surface area contributed by atoms with Crippen LogP contribution in [0.4, 0.5) is 0 Å². The van der Waals surface area contributed by atoms with Gasteiger partial charge in [-0.15, -0.1) is 5.10 Å². The number of ether oxygens (including phenoxy) is 1. The normalized spacial score (nSPS) is 17.7. The first-order valence-corrected chi connectivity index (χ1v) is 5.57. The summed E-state index contributed by atoms with van der Waals surface area (Å²) in [4.78, 5) is 0. The molecule has 4 nitrogen and oxygen atoms in total. The number of nitrogens with zero attached hydrogens (tertiary/aromatic N) is 2. The topological polar surface area (TPSA) is 61.0 Å². The van der Waals surface area contributed by atoms with Gasteiger partial charge in [0.2, 0.25) is 5.88 Å². The molecule has 1 aromatic heterocycles. The highest BCUT2D eigenvalue weighted by Crippen LogP contribution is 2.23. The summed E-state index contributed by atoms with van der Waals surface area (Å²) in [6, 6.07) is 1.87. The van der Waals surface area contributed by atoms with Gasteiger partial charge in [0.15, 0.2) is 0 Å². The summed E-state index contributed by atoms with van der Waals surface area (Å²) >= 11 is 0. The van der Waals surface area contributed by atoms with Gasteiger partial charge in [-0.2, -0.15) is 5.10 Å². The molecule has 0 radical (unpaired) electrons. The number of hydrogen-bond donors (Lipinski definition) is 1. The highest BCUT2D eigenvalue weighted by molar-refractivity contribution is 5.22. The first-order valence-electron chi connectivity index (χ1n) is 5.57. The van der Waals surface area contributed by atoms with Crippen molar-refractivity contribution in [2.24, 2.45) is 5.73 Å². The van der Waals surface area contributed by atoms with Crippen molar-refractivity contribution in [2.75, 3.05) is 0 Å². The fraction of sp³-hybridized carbons (Fsp3) is 0.636. The third-order valence-corrected chi connectivity index (χ3v) is 2.82. The van der Waals surface area contributed by atoms with Crippen LogP contribution in [0.5, 0.6) is 5.88 Å². The van der Waals surface area contributed by atoms with E-state index in [9.17, 15) is 0 Å². The summed E-state index contributed by atoms with van der Waals surface area (Å²) < 4.78 is 5.82. The lowest BCUT2D eigenvalue weighted by Crippen LogP contribution is -2.21. The molecule has 0 saturated heterocycles. The monoisotopic (exact) mass is 207 g/mol. The molecule has 0 unspecified atom stereocenters. The predicted octanol–water partition coefficient (Wildman–Crippen LogP) is 1.65. The van der Waals surface area contributed by atoms with E-state index in [-0.39, 0.29) is 0 Å². The molecular weight excluding hydrogens is 190 g/mol. The smallest absolute Gasteiger partial charge is 0.238 e. The van der Waals surface area contributed by atoms with E-state index >= 15 is 0 Å². The van der Waals surface area contributed by atoms with Crippen LogP contribution in [0, 0.1) is 0 Å². The van der Waals surface area contributed by atoms with E-state index in [2.05, 4.69) is 10.2 Å². The number of hydrogen-bond acceptors (Lipinski definition) is 4. The average Bonchev–Trinajstić information content (AvgIpc) is 2.31. The van der Waals surface area contributed by atoms with Crippen molar-refractivity contribution in [2.45, 2.75) is 44.8 Å². The minimum Gasteiger partial charge on any atom is -0.473 e. The highest BCUT2D eigenvalue weighted by atomic mass is 16.5. The number of nitrogens with two attached hydrogens (primary N) is 1.